The number of nitrogens with one attached hydrogen (secondary N) is 1. The molecular weight excluding hydrogens is 252 g/mol. The number of hydrogen-bond acceptors (Lipinski definition) is 4. The van der Waals surface area contributed by atoms with Crippen LogP contribution >= 0.6 is 0 Å². The summed E-state index contributed by atoms with van der Waals surface area (Å²) in [5.74, 6) is -0.0616. The van der Waals surface area contributed by atoms with E-state index < -0.39 is 0 Å². The Morgan fingerprint density at radius 3 is 2.85 bits per heavy atom. The lowest BCUT2D eigenvalue weighted by Crippen LogP contribution is -2.48. The highest BCUT2D eigenvalue weighted by Crippen LogP contribution is 2.23. The van der Waals surface area contributed by atoms with E-state index in [1.807, 2.05) is 23.1 Å². The number of rotatable bonds is 2. The first-order valence-electron chi connectivity index (χ1n) is 6.69. The molecule has 0 aliphatic carbocycles. The third-order valence-corrected chi connectivity index (χ3v) is 3.47. The van der Waals surface area contributed by atoms with Gasteiger partial charge in [0.15, 0.2) is 0 Å². The van der Waals surface area contributed by atoms with Crippen LogP contribution in [-0.2, 0) is 0 Å². The van der Waals surface area contributed by atoms with Crippen LogP contribution in [0, 0.1) is 0 Å². The summed E-state index contributed by atoms with van der Waals surface area (Å²) in [6.45, 7) is 2.24. The van der Waals surface area contributed by atoms with Crippen molar-refractivity contribution in [3.63, 3.8) is 0 Å². The van der Waals surface area contributed by atoms with E-state index in [9.17, 15) is 4.79 Å². The molecule has 2 heterocycles. The highest BCUT2D eigenvalue weighted by molar-refractivity contribution is 5.92. The van der Waals surface area contributed by atoms with Gasteiger partial charge in [0.05, 0.1) is 12.2 Å². The average molecular weight is 268 g/mol. The molecule has 102 valence electrons. The maximum Gasteiger partial charge on any atom is 0.274 e. The third-order valence-electron chi connectivity index (χ3n) is 3.47. The third kappa shape index (κ3) is 2.53. The lowest BCUT2D eigenvalue weighted by molar-refractivity contribution is 0.0627. The summed E-state index contributed by atoms with van der Waals surface area (Å²) in [6.07, 6.45) is 4.64. The maximum atomic E-state index is 12.6. The van der Waals surface area contributed by atoms with Gasteiger partial charge >= 0.3 is 0 Å². The minimum atomic E-state index is -0.0616. The highest BCUT2D eigenvalue weighted by atomic mass is 16.2. The Labute approximate surface area is 117 Å². The highest BCUT2D eigenvalue weighted by Gasteiger charge is 2.29. The molecule has 2 aromatic rings. The van der Waals surface area contributed by atoms with E-state index in [0.717, 1.165) is 18.7 Å². The van der Waals surface area contributed by atoms with Crippen LogP contribution in [-0.4, -0.2) is 40.4 Å². The largest absolute Gasteiger partial charge is 0.328 e. The van der Waals surface area contributed by atoms with Crippen LogP contribution in [0.3, 0.4) is 0 Å². The average Bonchev–Trinajstić information content (AvgIpc) is 2.56. The molecule has 20 heavy (non-hydrogen) atoms. The summed E-state index contributed by atoms with van der Waals surface area (Å²) < 4.78 is 0. The van der Waals surface area contributed by atoms with Gasteiger partial charge in [-0.15, -0.1) is 0 Å². The lowest BCUT2D eigenvalue weighted by atomic mass is 10.0. The van der Waals surface area contributed by atoms with Crippen molar-refractivity contribution in [3.8, 4) is 0 Å². The minimum Gasteiger partial charge on any atom is -0.328 e. The number of benzene rings is 1. The van der Waals surface area contributed by atoms with Crippen molar-refractivity contribution in [2.75, 3.05) is 19.6 Å². The first-order valence-corrected chi connectivity index (χ1v) is 6.69. The van der Waals surface area contributed by atoms with Crippen LogP contribution in [0.5, 0.6) is 0 Å². The molecule has 3 rings (SSSR count). The zero-order chi connectivity index (χ0) is 13.8. The van der Waals surface area contributed by atoms with E-state index in [0.29, 0.717) is 12.2 Å². The van der Waals surface area contributed by atoms with Gasteiger partial charge < -0.3 is 10.2 Å². The van der Waals surface area contributed by atoms with E-state index in [4.69, 9.17) is 0 Å². The minimum absolute atomic E-state index is 0.0412. The molecule has 0 unspecified atom stereocenters. The summed E-state index contributed by atoms with van der Waals surface area (Å²) in [7, 11) is 0. The van der Waals surface area contributed by atoms with Crippen molar-refractivity contribution >= 4 is 5.91 Å². The predicted octanol–water partition coefficient (Wildman–Crippen LogP) is 1.26. The fraction of sp³-hybridized carbons (Fsp3) is 0.267. The summed E-state index contributed by atoms with van der Waals surface area (Å²) in [5.41, 5.74) is 1.53. The number of carbonyl (C=O) groups excluding carboxylic acids is 1. The van der Waals surface area contributed by atoms with Gasteiger partial charge in [-0.1, -0.05) is 30.3 Å². The number of nitrogens with zero attached hydrogens (tertiary/aromatic N) is 3. The number of amides is 1. The first kappa shape index (κ1) is 12.7. The number of piperazine rings is 1. The quantitative estimate of drug-likeness (QED) is 0.891. The van der Waals surface area contributed by atoms with Crippen LogP contribution in [0.2, 0.25) is 0 Å². The number of hydrogen-bond donors (Lipinski definition) is 1. The van der Waals surface area contributed by atoms with Gasteiger partial charge in [0, 0.05) is 32.0 Å². The zero-order valence-corrected chi connectivity index (χ0v) is 11.1. The molecule has 0 saturated carbocycles. The van der Waals surface area contributed by atoms with E-state index in [-0.39, 0.29) is 11.9 Å². The molecule has 1 aromatic heterocycles. The van der Waals surface area contributed by atoms with Crippen molar-refractivity contribution < 1.29 is 4.79 Å². The predicted molar refractivity (Wildman–Crippen MR) is 75.1 cm³/mol. The Morgan fingerprint density at radius 1 is 1.25 bits per heavy atom. The van der Waals surface area contributed by atoms with Crippen LogP contribution in [0.1, 0.15) is 22.1 Å². The van der Waals surface area contributed by atoms with Crippen LogP contribution in [0.15, 0.2) is 48.9 Å². The fourth-order valence-electron chi connectivity index (χ4n) is 2.48. The standard InChI is InChI=1S/C15H16N4O/c20-15(13-10-16-6-7-18-13)19-9-8-17-11-14(19)12-4-2-1-3-5-12/h1-7,10,14,17H,8-9,11H2/t14-/m1/s1. The number of carbonyl (C=O) groups is 1. The Morgan fingerprint density at radius 2 is 2.10 bits per heavy atom. The van der Waals surface area contributed by atoms with E-state index >= 15 is 0 Å². The molecule has 1 saturated heterocycles. The van der Waals surface area contributed by atoms with E-state index in [2.05, 4.69) is 27.4 Å². The van der Waals surface area contributed by atoms with E-state index in [1.165, 1.54) is 6.20 Å². The molecule has 1 fully saturated rings. The monoisotopic (exact) mass is 268 g/mol. The lowest BCUT2D eigenvalue weighted by Gasteiger charge is -2.36. The Kier molecular flexibility index (Phi) is 3.69. The second kappa shape index (κ2) is 5.79. The van der Waals surface area contributed by atoms with Crippen molar-refractivity contribution in [1.82, 2.24) is 20.2 Å². The molecule has 1 N–H and O–H groups in total. The van der Waals surface area contributed by atoms with Crippen molar-refractivity contribution in [2.24, 2.45) is 0 Å². The summed E-state index contributed by atoms with van der Waals surface area (Å²) >= 11 is 0. The molecule has 0 radical (unpaired) electrons. The molecule has 1 aliphatic heterocycles. The zero-order valence-electron chi connectivity index (χ0n) is 11.1. The summed E-state index contributed by atoms with van der Waals surface area (Å²) in [5, 5.41) is 3.34. The topological polar surface area (TPSA) is 58.1 Å². The van der Waals surface area contributed by atoms with Gasteiger partial charge in [-0.25, -0.2) is 4.98 Å². The van der Waals surface area contributed by atoms with Crippen molar-refractivity contribution in [1.29, 1.82) is 0 Å². The Hall–Kier alpha value is -2.27. The smallest absolute Gasteiger partial charge is 0.274 e. The van der Waals surface area contributed by atoms with Gasteiger partial charge in [-0.3, -0.25) is 9.78 Å². The molecule has 5 heteroatoms. The second-order valence-corrected chi connectivity index (χ2v) is 4.72. The van der Waals surface area contributed by atoms with Crippen LogP contribution < -0.4 is 5.32 Å². The number of aromatic nitrogens is 2. The van der Waals surface area contributed by atoms with Gasteiger partial charge in [0.1, 0.15) is 5.69 Å². The molecule has 1 aliphatic rings. The normalized spacial score (nSPS) is 18.8. The van der Waals surface area contributed by atoms with Crippen LogP contribution in [0.4, 0.5) is 0 Å². The molecule has 1 aromatic carbocycles. The Balaban J connectivity index is 1.88. The van der Waals surface area contributed by atoms with Gasteiger partial charge in [-0.05, 0) is 5.56 Å². The molecular formula is C15H16N4O. The van der Waals surface area contributed by atoms with Gasteiger partial charge in [0.2, 0.25) is 0 Å². The maximum absolute atomic E-state index is 12.6. The molecule has 1 amide bonds. The van der Waals surface area contributed by atoms with Crippen molar-refractivity contribution in [3.05, 3.63) is 60.2 Å². The van der Waals surface area contributed by atoms with Gasteiger partial charge in [0.25, 0.3) is 5.91 Å². The molecule has 5 nitrogen and oxygen atoms in total. The first-order chi connectivity index (χ1) is 9.86. The molecule has 1 atom stereocenters. The molecule has 0 bridgehead atoms. The fourth-order valence-corrected chi connectivity index (χ4v) is 2.48. The van der Waals surface area contributed by atoms with Crippen molar-refractivity contribution in [2.45, 2.75) is 6.04 Å². The molecule has 0 spiro atoms. The van der Waals surface area contributed by atoms with E-state index in [1.54, 1.807) is 12.4 Å². The Bertz CT molecular complexity index is 573. The SMILES string of the molecule is O=C(c1cnccn1)N1CCNC[C@@H]1c1ccccc1. The summed E-state index contributed by atoms with van der Waals surface area (Å²) in [6, 6.07) is 10.1. The van der Waals surface area contributed by atoms with Crippen LogP contribution in [0.25, 0.3) is 0 Å². The van der Waals surface area contributed by atoms with Gasteiger partial charge in [-0.2, -0.15) is 0 Å². The second-order valence-electron chi connectivity index (χ2n) is 4.72. The summed E-state index contributed by atoms with van der Waals surface area (Å²) in [4.78, 5) is 22.5.